The van der Waals surface area contributed by atoms with Crippen LogP contribution in [0.4, 0.5) is 0 Å². The van der Waals surface area contributed by atoms with E-state index < -0.39 is 0 Å². The predicted octanol–water partition coefficient (Wildman–Crippen LogP) is 5.71. The Morgan fingerprint density at radius 1 is 1.03 bits per heavy atom. The van der Waals surface area contributed by atoms with Gasteiger partial charge in [-0.05, 0) is 91.8 Å². The second-order valence-electron chi connectivity index (χ2n) is 12.7. The molecule has 30 heavy (non-hydrogen) atoms. The van der Waals surface area contributed by atoms with Crippen LogP contribution in [-0.4, -0.2) is 29.7 Å². The molecule has 11 atom stereocenters. The van der Waals surface area contributed by atoms with Crippen LogP contribution in [0.3, 0.4) is 0 Å². The smallest absolute Gasteiger partial charge is 0.171 e. The minimum Gasteiger partial charge on any atom is -0.393 e. The van der Waals surface area contributed by atoms with E-state index in [1.165, 1.54) is 38.5 Å². The first-order valence-corrected chi connectivity index (χ1v) is 13.0. The van der Waals surface area contributed by atoms with Crippen molar-refractivity contribution in [3.8, 4) is 0 Å². The molecule has 3 heteroatoms. The second-order valence-corrected chi connectivity index (χ2v) is 12.7. The molecule has 0 aromatic heterocycles. The number of hydrogen-bond acceptors (Lipinski definition) is 3. The summed E-state index contributed by atoms with van der Waals surface area (Å²) in [5.74, 6) is 3.94. The Bertz CT molecular complexity index is 736. The van der Waals surface area contributed by atoms with Gasteiger partial charge in [-0.25, -0.2) is 0 Å². The number of aliphatic hydroxyl groups is 1. The van der Waals surface area contributed by atoms with Gasteiger partial charge in [0.1, 0.15) is 0 Å². The number of fused-ring (bicyclic) bond motifs is 7. The van der Waals surface area contributed by atoms with Gasteiger partial charge >= 0.3 is 0 Å². The molecule has 5 fully saturated rings. The van der Waals surface area contributed by atoms with E-state index in [0.29, 0.717) is 34.7 Å². The van der Waals surface area contributed by atoms with Crippen LogP contribution >= 0.6 is 0 Å². The minimum atomic E-state index is -0.294. The summed E-state index contributed by atoms with van der Waals surface area (Å²) in [6.07, 6.45) is 13.5. The van der Waals surface area contributed by atoms with Crippen molar-refractivity contribution in [2.75, 3.05) is 6.61 Å². The molecule has 2 aliphatic heterocycles. The van der Waals surface area contributed by atoms with Crippen LogP contribution < -0.4 is 0 Å². The molecule has 6 unspecified atom stereocenters. The minimum absolute atomic E-state index is 0.107. The first kappa shape index (κ1) is 20.2. The van der Waals surface area contributed by atoms with E-state index in [4.69, 9.17) is 9.47 Å². The molecule has 0 aromatic carbocycles. The fraction of sp³-hybridized carbons (Fsp3) is 0.926. The van der Waals surface area contributed by atoms with Crippen molar-refractivity contribution >= 4 is 0 Å². The SMILES string of the molecule is C[C@@H]1CCC2(OC1)OC1CC3C4CC=C5C[C@@H](O)CC[C@]5(C)C4CC[C@]3(C)C1[C@@H]2C. The molecule has 0 radical (unpaired) electrons. The molecule has 0 bridgehead atoms. The molecular weight excluding hydrogens is 372 g/mol. The third kappa shape index (κ3) is 2.55. The van der Waals surface area contributed by atoms with Gasteiger partial charge in [0.2, 0.25) is 0 Å². The van der Waals surface area contributed by atoms with Crippen molar-refractivity contribution < 1.29 is 14.6 Å². The normalized spacial score (nSPS) is 59.8. The van der Waals surface area contributed by atoms with E-state index >= 15 is 0 Å². The second kappa shape index (κ2) is 6.58. The highest BCUT2D eigenvalue weighted by atomic mass is 16.7. The molecule has 3 nitrogen and oxygen atoms in total. The molecule has 3 saturated carbocycles. The van der Waals surface area contributed by atoms with Gasteiger partial charge in [-0.1, -0.05) is 39.3 Å². The molecule has 0 amide bonds. The number of allylic oxidation sites excluding steroid dienone is 1. The van der Waals surface area contributed by atoms with Crippen LogP contribution in [0.25, 0.3) is 0 Å². The van der Waals surface area contributed by atoms with E-state index in [0.717, 1.165) is 43.6 Å². The Hall–Kier alpha value is -0.380. The zero-order valence-corrected chi connectivity index (χ0v) is 19.5. The molecular formula is C27H42O3. The van der Waals surface area contributed by atoms with Gasteiger partial charge in [-0.15, -0.1) is 0 Å². The average Bonchev–Trinajstić information content (AvgIpc) is 3.16. The van der Waals surface area contributed by atoms with Gasteiger partial charge in [0.25, 0.3) is 0 Å². The lowest BCUT2D eigenvalue weighted by Gasteiger charge is -2.58. The maximum absolute atomic E-state index is 10.3. The van der Waals surface area contributed by atoms with E-state index in [-0.39, 0.29) is 11.9 Å². The van der Waals surface area contributed by atoms with Gasteiger partial charge in [-0.2, -0.15) is 0 Å². The number of hydrogen-bond donors (Lipinski definition) is 1. The summed E-state index contributed by atoms with van der Waals surface area (Å²) in [5, 5.41) is 10.3. The third-order valence-electron chi connectivity index (χ3n) is 11.3. The number of ether oxygens (including phenoxy) is 2. The fourth-order valence-electron chi connectivity index (χ4n) is 9.66. The van der Waals surface area contributed by atoms with Gasteiger partial charge in [0.05, 0.1) is 18.8 Å². The Labute approximate surface area is 183 Å². The summed E-state index contributed by atoms with van der Waals surface area (Å²) in [7, 11) is 0. The van der Waals surface area contributed by atoms with Gasteiger partial charge in [0.15, 0.2) is 5.79 Å². The first-order valence-electron chi connectivity index (χ1n) is 13.0. The Morgan fingerprint density at radius 2 is 1.87 bits per heavy atom. The maximum atomic E-state index is 10.3. The third-order valence-corrected chi connectivity index (χ3v) is 11.3. The van der Waals surface area contributed by atoms with E-state index in [2.05, 4.69) is 33.8 Å². The first-order chi connectivity index (χ1) is 14.3. The Balaban J connectivity index is 1.28. The lowest BCUT2D eigenvalue weighted by molar-refractivity contribution is -0.272. The van der Waals surface area contributed by atoms with Crippen LogP contribution in [0.1, 0.15) is 85.5 Å². The summed E-state index contributed by atoms with van der Waals surface area (Å²) in [6, 6.07) is 0. The summed E-state index contributed by atoms with van der Waals surface area (Å²) in [6.45, 7) is 10.8. The predicted molar refractivity (Wildman–Crippen MR) is 118 cm³/mol. The van der Waals surface area contributed by atoms with Crippen LogP contribution in [-0.2, 0) is 9.47 Å². The van der Waals surface area contributed by atoms with Crippen LogP contribution in [0.15, 0.2) is 11.6 Å². The lowest BCUT2D eigenvalue weighted by Crippen LogP contribution is -2.52. The van der Waals surface area contributed by atoms with Gasteiger partial charge in [-0.3, -0.25) is 0 Å². The number of aliphatic hydroxyl groups excluding tert-OH is 1. The molecule has 6 rings (SSSR count). The maximum Gasteiger partial charge on any atom is 0.171 e. The standard InChI is InChI=1S/C27H42O3/c1-16-7-12-27(29-15-16)17(2)24-23(30-27)14-22-20-6-5-18-13-19(28)8-10-25(18,3)21(20)9-11-26(22,24)4/h5,16-17,19-24,28H,6-15H2,1-4H3/t16-,17+,19+,20?,21?,22?,23?,24?,25+,26+,27?/m1/s1. The number of rotatable bonds is 0. The average molecular weight is 415 g/mol. The van der Waals surface area contributed by atoms with Crippen molar-refractivity contribution in [3.05, 3.63) is 11.6 Å². The van der Waals surface area contributed by atoms with Crippen molar-refractivity contribution in [1.29, 1.82) is 0 Å². The molecule has 168 valence electrons. The van der Waals surface area contributed by atoms with Crippen molar-refractivity contribution in [2.24, 2.45) is 46.3 Å². The largest absolute Gasteiger partial charge is 0.393 e. The zero-order valence-electron chi connectivity index (χ0n) is 19.5. The van der Waals surface area contributed by atoms with Crippen LogP contribution in [0.5, 0.6) is 0 Å². The van der Waals surface area contributed by atoms with E-state index in [1.807, 2.05) is 0 Å². The van der Waals surface area contributed by atoms with E-state index in [1.54, 1.807) is 5.57 Å². The summed E-state index contributed by atoms with van der Waals surface area (Å²) in [4.78, 5) is 0. The molecule has 2 saturated heterocycles. The summed E-state index contributed by atoms with van der Waals surface area (Å²) < 4.78 is 13.3. The zero-order chi connectivity index (χ0) is 20.9. The summed E-state index contributed by atoms with van der Waals surface area (Å²) >= 11 is 0. The molecule has 1 N–H and O–H groups in total. The Morgan fingerprint density at radius 3 is 2.63 bits per heavy atom. The molecule has 4 aliphatic carbocycles. The molecule has 0 aromatic rings. The van der Waals surface area contributed by atoms with Crippen molar-refractivity contribution in [2.45, 2.75) is 103 Å². The summed E-state index contributed by atoms with van der Waals surface area (Å²) in [5.41, 5.74) is 2.31. The highest BCUT2D eigenvalue weighted by molar-refractivity contribution is 5.26. The topological polar surface area (TPSA) is 38.7 Å². The van der Waals surface area contributed by atoms with Crippen molar-refractivity contribution in [1.82, 2.24) is 0 Å². The monoisotopic (exact) mass is 414 g/mol. The van der Waals surface area contributed by atoms with E-state index in [9.17, 15) is 5.11 Å². The van der Waals surface area contributed by atoms with Crippen LogP contribution in [0, 0.1) is 46.3 Å². The lowest BCUT2D eigenvalue weighted by atomic mass is 9.47. The Kier molecular flexibility index (Phi) is 4.44. The highest BCUT2D eigenvalue weighted by Crippen LogP contribution is 2.70. The van der Waals surface area contributed by atoms with Gasteiger partial charge < -0.3 is 14.6 Å². The molecule has 1 spiro atoms. The quantitative estimate of drug-likeness (QED) is 0.516. The molecule has 6 aliphatic rings. The molecule has 2 heterocycles. The highest BCUT2D eigenvalue weighted by Gasteiger charge is 2.68. The van der Waals surface area contributed by atoms with Gasteiger partial charge in [0, 0.05) is 12.3 Å². The fourth-order valence-corrected chi connectivity index (χ4v) is 9.66. The van der Waals surface area contributed by atoms with Crippen LogP contribution in [0.2, 0.25) is 0 Å². The van der Waals surface area contributed by atoms with Crippen molar-refractivity contribution in [3.63, 3.8) is 0 Å².